The monoisotopic (exact) mass is 447 g/mol. The fourth-order valence-electron chi connectivity index (χ4n) is 4.47. The van der Waals surface area contributed by atoms with E-state index in [9.17, 15) is 12.8 Å². The summed E-state index contributed by atoms with van der Waals surface area (Å²) in [6.07, 6.45) is 2.60. The molecule has 0 aromatic heterocycles. The highest BCUT2D eigenvalue weighted by Crippen LogP contribution is 2.52. The molecule has 2 aromatic carbocycles. The summed E-state index contributed by atoms with van der Waals surface area (Å²) in [5.41, 5.74) is 3.10. The first kappa shape index (κ1) is 22.2. The molecule has 0 bridgehead atoms. The number of para-hydroxylation sites is 1. The summed E-state index contributed by atoms with van der Waals surface area (Å²) in [7, 11) is -2.01. The number of halogens is 1. The lowest BCUT2D eigenvalue weighted by Crippen LogP contribution is -2.48. The molecule has 31 heavy (non-hydrogen) atoms. The van der Waals surface area contributed by atoms with Crippen LogP contribution in [0.25, 0.3) is 11.1 Å². The number of likely N-dealkylation sites (N-methyl/N-ethyl adjacent to an activating group) is 1. The molecule has 1 saturated heterocycles. The van der Waals surface area contributed by atoms with Crippen molar-refractivity contribution in [3.63, 3.8) is 0 Å². The van der Waals surface area contributed by atoms with Crippen molar-refractivity contribution < 1.29 is 17.5 Å². The SMILES string of the molecule is CNCCOc1ccccc1-c1cccc(C[C@@H]2NCC3(CC3)[C@@H]2NS(=O)(=O)CF)c1. The van der Waals surface area contributed by atoms with Crippen LogP contribution in [0.15, 0.2) is 48.5 Å². The maximum Gasteiger partial charge on any atom is 0.241 e. The molecule has 0 radical (unpaired) electrons. The summed E-state index contributed by atoms with van der Waals surface area (Å²) >= 11 is 0. The Morgan fingerprint density at radius 2 is 2.00 bits per heavy atom. The molecule has 4 rings (SSSR count). The molecule has 6 nitrogen and oxygen atoms in total. The minimum atomic E-state index is -3.91. The number of nitrogens with one attached hydrogen (secondary N) is 3. The standard InChI is InChI=1S/C23H30FN3O3S/c1-25-11-12-30-21-8-3-2-7-19(21)18-6-4-5-17(13-18)14-20-22(27-31(28,29)16-24)23(9-10-23)15-26-20/h2-8,13,20,22,25-27H,9-12,14-16H2,1H3/t20-,22+/m0/s1. The molecule has 8 heteroatoms. The van der Waals surface area contributed by atoms with Crippen LogP contribution in [-0.4, -0.2) is 53.3 Å². The molecule has 2 aromatic rings. The van der Waals surface area contributed by atoms with Crippen molar-refractivity contribution in [3.05, 3.63) is 54.1 Å². The maximum atomic E-state index is 13.0. The minimum Gasteiger partial charge on any atom is -0.492 e. The number of sulfonamides is 1. The van der Waals surface area contributed by atoms with Crippen LogP contribution in [-0.2, 0) is 16.4 Å². The Morgan fingerprint density at radius 3 is 2.74 bits per heavy atom. The molecule has 168 valence electrons. The van der Waals surface area contributed by atoms with Gasteiger partial charge in [-0.1, -0.05) is 42.5 Å². The predicted octanol–water partition coefficient (Wildman–Crippen LogP) is 2.46. The highest BCUT2D eigenvalue weighted by Gasteiger charge is 2.57. The largest absolute Gasteiger partial charge is 0.492 e. The Labute approximate surface area is 183 Å². The van der Waals surface area contributed by atoms with Gasteiger partial charge in [0.2, 0.25) is 16.0 Å². The lowest BCUT2D eigenvalue weighted by molar-refractivity contribution is 0.319. The zero-order valence-electron chi connectivity index (χ0n) is 17.7. The van der Waals surface area contributed by atoms with Crippen molar-refractivity contribution in [2.75, 3.05) is 32.8 Å². The third-order valence-electron chi connectivity index (χ3n) is 6.31. The first-order valence-electron chi connectivity index (χ1n) is 10.7. The summed E-state index contributed by atoms with van der Waals surface area (Å²) in [5.74, 6) is 0.833. The summed E-state index contributed by atoms with van der Waals surface area (Å²) < 4.78 is 45.4. The number of alkyl halides is 1. The van der Waals surface area contributed by atoms with Gasteiger partial charge in [0.15, 0.2) is 0 Å². The molecule has 0 amide bonds. The number of hydrogen-bond acceptors (Lipinski definition) is 5. The van der Waals surface area contributed by atoms with Gasteiger partial charge in [0.1, 0.15) is 12.4 Å². The third-order valence-corrected chi connectivity index (χ3v) is 7.21. The van der Waals surface area contributed by atoms with E-state index in [-0.39, 0.29) is 17.5 Å². The Bertz CT molecular complexity index is 1010. The van der Waals surface area contributed by atoms with Crippen LogP contribution >= 0.6 is 0 Å². The molecule has 2 atom stereocenters. The minimum absolute atomic E-state index is 0.0683. The van der Waals surface area contributed by atoms with Crippen molar-refractivity contribution in [2.45, 2.75) is 31.3 Å². The van der Waals surface area contributed by atoms with Crippen molar-refractivity contribution in [2.24, 2.45) is 5.41 Å². The zero-order valence-corrected chi connectivity index (χ0v) is 18.6. The molecule has 1 heterocycles. The number of benzene rings is 2. The van der Waals surface area contributed by atoms with E-state index in [0.29, 0.717) is 13.0 Å². The van der Waals surface area contributed by atoms with Crippen LogP contribution in [0.3, 0.4) is 0 Å². The maximum absolute atomic E-state index is 13.0. The lowest BCUT2D eigenvalue weighted by atomic mass is 9.92. The van der Waals surface area contributed by atoms with Gasteiger partial charge in [-0.05, 0) is 43.5 Å². The van der Waals surface area contributed by atoms with Gasteiger partial charge >= 0.3 is 0 Å². The smallest absolute Gasteiger partial charge is 0.241 e. The van der Waals surface area contributed by atoms with Gasteiger partial charge in [-0.15, -0.1) is 0 Å². The fraction of sp³-hybridized carbons (Fsp3) is 0.478. The van der Waals surface area contributed by atoms with Crippen molar-refractivity contribution in [3.8, 4) is 16.9 Å². The van der Waals surface area contributed by atoms with E-state index in [1.165, 1.54) is 0 Å². The van der Waals surface area contributed by atoms with Crippen LogP contribution in [0, 0.1) is 5.41 Å². The van der Waals surface area contributed by atoms with E-state index >= 15 is 0 Å². The second-order valence-electron chi connectivity index (χ2n) is 8.52. The Balaban J connectivity index is 1.53. The predicted molar refractivity (Wildman–Crippen MR) is 120 cm³/mol. The highest BCUT2D eigenvalue weighted by atomic mass is 32.2. The summed E-state index contributed by atoms with van der Waals surface area (Å²) in [6.45, 7) is 2.11. The van der Waals surface area contributed by atoms with Crippen molar-refractivity contribution >= 4 is 10.0 Å². The first-order chi connectivity index (χ1) is 15.0. The van der Waals surface area contributed by atoms with Crippen LogP contribution < -0.4 is 20.1 Å². The van der Waals surface area contributed by atoms with Gasteiger partial charge in [0.05, 0.1) is 0 Å². The molecule has 1 aliphatic carbocycles. The quantitative estimate of drug-likeness (QED) is 0.488. The topological polar surface area (TPSA) is 79.5 Å². The Hall–Kier alpha value is -2.00. The molecule has 1 aliphatic heterocycles. The number of rotatable bonds is 10. The van der Waals surface area contributed by atoms with Crippen molar-refractivity contribution in [1.29, 1.82) is 0 Å². The van der Waals surface area contributed by atoms with E-state index < -0.39 is 16.0 Å². The second kappa shape index (κ2) is 9.24. The summed E-state index contributed by atoms with van der Waals surface area (Å²) in [6, 6.07) is 14.5. The molecule has 3 N–H and O–H groups in total. The Morgan fingerprint density at radius 1 is 1.19 bits per heavy atom. The fourth-order valence-corrected chi connectivity index (χ4v) is 5.34. The van der Waals surface area contributed by atoms with E-state index in [2.05, 4.69) is 27.5 Å². The van der Waals surface area contributed by atoms with Crippen molar-refractivity contribution in [1.82, 2.24) is 15.4 Å². The van der Waals surface area contributed by atoms with Gasteiger partial charge in [0.25, 0.3) is 0 Å². The van der Waals surface area contributed by atoms with Crippen LogP contribution in [0.5, 0.6) is 5.75 Å². The number of ether oxygens (including phenoxy) is 1. The molecular formula is C23H30FN3O3S. The van der Waals surface area contributed by atoms with Gasteiger partial charge in [-0.25, -0.2) is 17.5 Å². The van der Waals surface area contributed by atoms with Gasteiger partial charge in [0, 0.05) is 36.2 Å². The lowest BCUT2D eigenvalue weighted by Gasteiger charge is -2.24. The number of hydrogen-bond donors (Lipinski definition) is 3. The van der Waals surface area contributed by atoms with Crippen LogP contribution in [0.1, 0.15) is 18.4 Å². The Kier molecular flexibility index (Phi) is 6.62. The molecule has 2 aliphatic rings. The third kappa shape index (κ3) is 5.09. The van der Waals surface area contributed by atoms with E-state index in [0.717, 1.165) is 48.4 Å². The van der Waals surface area contributed by atoms with E-state index in [1.54, 1.807) is 0 Å². The van der Waals surface area contributed by atoms with E-state index in [4.69, 9.17) is 4.74 Å². The van der Waals surface area contributed by atoms with Gasteiger partial charge < -0.3 is 15.4 Å². The summed E-state index contributed by atoms with van der Waals surface area (Å²) in [5, 5.41) is 6.56. The average Bonchev–Trinajstić information content (AvgIpc) is 3.50. The molecule has 1 spiro atoms. The van der Waals surface area contributed by atoms with Crippen LogP contribution in [0.4, 0.5) is 4.39 Å². The second-order valence-corrected chi connectivity index (χ2v) is 10.2. The van der Waals surface area contributed by atoms with E-state index in [1.807, 2.05) is 43.4 Å². The normalized spacial score (nSPS) is 22.0. The molecular weight excluding hydrogens is 417 g/mol. The van der Waals surface area contributed by atoms with Crippen LogP contribution in [0.2, 0.25) is 0 Å². The average molecular weight is 448 g/mol. The molecule has 0 unspecified atom stereocenters. The summed E-state index contributed by atoms with van der Waals surface area (Å²) in [4.78, 5) is 0. The molecule has 1 saturated carbocycles. The van der Waals surface area contributed by atoms with Gasteiger partial charge in [-0.2, -0.15) is 0 Å². The zero-order chi connectivity index (χ0) is 21.9. The van der Waals surface area contributed by atoms with Gasteiger partial charge in [-0.3, -0.25) is 0 Å². The molecule has 2 fully saturated rings. The first-order valence-corrected chi connectivity index (χ1v) is 12.4. The highest BCUT2D eigenvalue weighted by molar-refractivity contribution is 7.89.